The van der Waals surface area contributed by atoms with Gasteiger partial charge in [-0.05, 0) is 53.8 Å². The van der Waals surface area contributed by atoms with Crippen LogP contribution < -0.4 is 23.7 Å². The maximum absolute atomic E-state index is 12.7. The molecule has 0 N–H and O–H groups in total. The minimum Gasteiger partial charge on any atom is -0.493 e. The van der Waals surface area contributed by atoms with Crippen molar-refractivity contribution < 1.29 is 33.2 Å². The van der Waals surface area contributed by atoms with E-state index in [0.717, 1.165) is 28.2 Å². The van der Waals surface area contributed by atoms with Gasteiger partial charge in [0.1, 0.15) is 6.61 Å². The summed E-state index contributed by atoms with van der Waals surface area (Å²) in [7, 11) is 3.18. The van der Waals surface area contributed by atoms with E-state index >= 15 is 0 Å². The second-order valence-corrected chi connectivity index (χ2v) is 8.70. The first-order chi connectivity index (χ1) is 17.1. The third kappa shape index (κ3) is 4.99. The number of ether oxygens (including phenoxy) is 6. The van der Waals surface area contributed by atoms with Gasteiger partial charge in [0.15, 0.2) is 23.0 Å². The van der Waals surface area contributed by atoms with Crippen molar-refractivity contribution in [2.24, 2.45) is 11.8 Å². The molecular formula is C28H28O7. The average molecular weight is 477 g/mol. The molecule has 7 nitrogen and oxygen atoms in total. The molecule has 3 aromatic carbocycles. The Balaban J connectivity index is 1.35. The molecule has 0 aliphatic carbocycles. The molecule has 182 valence electrons. The Kier molecular flexibility index (Phi) is 6.66. The van der Waals surface area contributed by atoms with Gasteiger partial charge in [-0.1, -0.05) is 36.4 Å². The molecule has 2 heterocycles. The molecule has 5 rings (SSSR count). The summed E-state index contributed by atoms with van der Waals surface area (Å²) in [4.78, 5) is 12.7. The van der Waals surface area contributed by atoms with E-state index < -0.39 is 0 Å². The van der Waals surface area contributed by atoms with E-state index in [1.807, 2.05) is 60.7 Å². The molecule has 0 aromatic heterocycles. The summed E-state index contributed by atoms with van der Waals surface area (Å²) in [5, 5.41) is 0. The maximum Gasteiger partial charge on any atom is 0.309 e. The van der Waals surface area contributed by atoms with Crippen LogP contribution in [0.5, 0.6) is 28.7 Å². The predicted octanol–water partition coefficient (Wildman–Crippen LogP) is 4.59. The maximum atomic E-state index is 12.7. The first kappa shape index (κ1) is 22.9. The summed E-state index contributed by atoms with van der Waals surface area (Å²) in [5.74, 6) is 2.73. The van der Waals surface area contributed by atoms with E-state index in [2.05, 4.69) is 0 Å². The Labute approximate surface area is 204 Å². The number of methoxy groups -OCH3 is 2. The fourth-order valence-electron chi connectivity index (χ4n) is 4.62. The summed E-state index contributed by atoms with van der Waals surface area (Å²) in [6.07, 6.45) is 1.22. The van der Waals surface area contributed by atoms with Crippen molar-refractivity contribution in [2.45, 2.75) is 19.4 Å². The summed E-state index contributed by atoms with van der Waals surface area (Å²) < 4.78 is 33.6. The Bertz CT molecular complexity index is 1190. The van der Waals surface area contributed by atoms with Gasteiger partial charge >= 0.3 is 5.97 Å². The number of carbonyl (C=O) groups excluding carboxylic acids is 1. The standard InChI is InChI=1S/C28H28O7/c1-30-25-13-20(14-26(27(25)31-2)32-15-18-6-4-3-5-7-18)11-22-21(16-33-28(22)29)10-19-8-9-23-24(12-19)35-17-34-23/h3-9,12-14,21-22H,10-11,15-17H2,1-2H3. The number of cyclic esters (lactones) is 1. The van der Waals surface area contributed by atoms with E-state index in [0.29, 0.717) is 43.3 Å². The van der Waals surface area contributed by atoms with Gasteiger partial charge in [-0.15, -0.1) is 0 Å². The first-order valence-corrected chi connectivity index (χ1v) is 11.6. The topological polar surface area (TPSA) is 72.5 Å². The van der Waals surface area contributed by atoms with Crippen LogP contribution in [-0.2, 0) is 29.0 Å². The largest absolute Gasteiger partial charge is 0.493 e. The van der Waals surface area contributed by atoms with Crippen LogP contribution in [0.1, 0.15) is 16.7 Å². The van der Waals surface area contributed by atoms with Gasteiger partial charge < -0.3 is 28.4 Å². The molecule has 2 atom stereocenters. The number of benzene rings is 3. The predicted molar refractivity (Wildman–Crippen MR) is 128 cm³/mol. The molecule has 1 fully saturated rings. The van der Waals surface area contributed by atoms with Crippen LogP contribution in [0.15, 0.2) is 60.7 Å². The van der Waals surface area contributed by atoms with Crippen molar-refractivity contribution in [3.8, 4) is 28.7 Å². The van der Waals surface area contributed by atoms with E-state index in [4.69, 9.17) is 28.4 Å². The summed E-state index contributed by atoms with van der Waals surface area (Å²) in [6, 6.07) is 19.6. The minimum absolute atomic E-state index is 0.0460. The van der Waals surface area contributed by atoms with Crippen LogP contribution >= 0.6 is 0 Å². The molecule has 0 radical (unpaired) electrons. The minimum atomic E-state index is -0.277. The smallest absolute Gasteiger partial charge is 0.309 e. The zero-order valence-corrected chi connectivity index (χ0v) is 19.8. The second-order valence-electron chi connectivity index (χ2n) is 8.70. The Morgan fingerprint density at radius 3 is 2.40 bits per heavy atom. The molecule has 2 aliphatic heterocycles. The third-order valence-electron chi connectivity index (χ3n) is 6.44. The second kappa shape index (κ2) is 10.2. The normalized spacial score (nSPS) is 18.3. The zero-order chi connectivity index (χ0) is 24.2. The highest BCUT2D eigenvalue weighted by Crippen LogP contribution is 2.41. The van der Waals surface area contributed by atoms with Crippen molar-refractivity contribution in [1.82, 2.24) is 0 Å². The number of fused-ring (bicyclic) bond motifs is 1. The molecule has 1 saturated heterocycles. The third-order valence-corrected chi connectivity index (χ3v) is 6.44. The van der Waals surface area contributed by atoms with Gasteiger partial charge in [0.05, 0.1) is 26.7 Å². The fraction of sp³-hybridized carbons (Fsp3) is 0.321. The monoisotopic (exact) mass is 476 g/mol. The Morgan fingerprint density at radius 2 is 1.60 bits per heavy atom. The molecule has 35 heavy (non-hydrogen) atoms. The van der Waals surface area contributed by atoms with Gasteiger partial charge in [0.25, 0.3) is 0 Å². The Hall–Kier alpha value is -3.87. The van der Waals surface area contributed by atoms with Gasteiger partial charge in [0.2, 0.25) is 12.5 Å². The molecule has 0 spiro atoms. The van der Waals surface area contributed by atoms with Crippen LogP contribution in [-0.4, -0.2) is 33.6 Å². The number of hydrogen-bond acceptors (Lipinski definition) is 7. The van der Waals surface area contributed by atoms with Crippen LogP contribution in [0.2, 0.25) is 0 Å². The molecule has 3 aromatic rings. The lowest BCUT2D eigenvalue weighted by atomic mass is 9.85. The van der Waals surface area contributed by atoms with E-state index in [-0.39, 0.29) is 24.6 Å². The average Bonchev–Trinajstić information content (AvgIpc) is 3.49. The van der Waals surface area contributed by atoms with Crippen molar-refractivity contribution in [1.29, 1.82) is 0 Å². The molecule has 0 bridgehead atoms. The fourth-order valence-corrected chi connectivity index (χ4v) is 4.62. The van der Waals surface area contributed by atoms with Crippen LogP contribution in [0, 0.1) is 11.8 Å². The molecular weight excluding hydrogens is 448 g/mol. The van der Waals surface area contributed by atoms with Gasteiger partial charge in [0, 0.05) is 5.92 Å². The molecule has 2 aliphatic rings. The molecule has 7 heteroatoms. The Morgan fingerprint density at radius 1 is 0.800 bits per heavy atom. The van der Waals surface area contributed by atoms with Gasteiger partial charge in [-0.3, -0.25) is 4.79 Å². The molecule has 0 amide bonds. The highest BCUT2D eigenvalue weighted by atomic mass is 16.7. The highest BCUT2D eigenvalue weighted by molar-refractivity contribution is 5.75. The number of carbonyl (C=O) groups is 1. The lowest BCUT2D eigenvalue weighted by Gasteiger charge is -2.19. The van der Waals surface area contributed by atoms with Crippen LogP contribution in [0.3, 0.4) is 0 Å². The number of rotatable bonds is 9. The van der Waals surface area contributed by atoms with Crippen molar-refractivity contribution in [3.63, 3.8) is 0 Å². The number of esters is 1. The zero-order valence-electron chi connectivity index (χ0n) is 19.8. The summed E-state index contributed by atoms with van der Waals surface area (Å²) in [6.45, 7) is 1.02. The number of hydrogen-bond donors (Lipinski definition) is 0. The lowest BCUT2D eigenvalue weighted by molar-refractivity contribution is -0.141. The molecule has 2 unspecified atom stereocenters. The van der Waals surface area contributed by atoms with Crippen LogP contribution in [0.25, 0.3) is 0 Å². The quantitative estimate of drug-likeness (QED) is 0.419. The summed E-state index contributed by atoms with van der Waals surface area (Å²) >= 11 is 0. The van der Waals surface area contributed by atoms with E-state index in [1.165, 1.54) is 0 Å². The van der Waals surface area contributed by atoms with Gasteiger partial charge in [-0.25, -0.2) is 0 Å². The van der Waals surface area contributed by atoms with Crippen LogP contribution in [0.4, 0.5) is 0 Å². The first-order valence-electron chi connectivity index (χ1n) is 11.6. The molecule has 0 saturated carbocycles. The summed E-state index contributed by atoms with van der Waals surface area (Å²) in [5.41, 5.74) is 3.05. The SMILES string of the molecule is COc1cc(CC2C(=O)OCC2Cc2ccc3c(c2)OCO3)cc(OCc2ccccc2)c1OC. The van der Waals surface area contributed by atoms with Crippen molar-refractivity contribution in [3.05, 3.63) is 77.4 Å². The highest BCUT2D eigenvalue weighted by Gasteiger charge is 2.37. The van der Waals surface area contributed by atoms with Gasteiger partial charge in [-0.2, -0.15) is 0 Å². The van der Waals surface area contributed by atoms with Crippen molar-refractivity contribution in [2.75, 3.05) is 27.6 Å². The lowest BCUT2D eigenvalue weighted by Crippen LogP contribution is -2.20. The van der Waals surface area contributed by atoms with E-state index in [1.54, 1.807) is 14.2 Å². The van der Waals surface area contributed by atoms with Crippen molar-refractivity contribution >= 4 is 5.97 Å². The van der Waals surface area contributed by atoms with E-state index in [9.17, 15) is 4.79 Å².